The number of aryl methyl sites for hydroxylation is 1. The van der Waals surface area contributed by atoms with E-state index in [0.29, 0.717) is 18.9 Å². The molecule has 1 N–H and O–H groups in total. The van der Waals surface area contributed by atoms with Gasteiger partial charge in [-0.1, -0.05) is 30.3 Å². The van der Waals surface area contributed by atoms with E-state index in [4.69, 9.17) is 0 Å². The largest absolute Gasteiger partial charge is 0.352 e. The van der Waals surface area contributed by atoms with Crippen molar-refractivity contribution in [3.8, 4) is 22.5 Å². The van der Waals surface area contributed by atoms with Crippen LogP contribution in [0, 0.1) is 12.8 Å². The number of likely N-dealkylation sites (tertiary alicyclic amines) is 1. The molecule has 0 spiro atoms. The van der Waals surface area contributed by atoms with Gasteiger partial charge in [-0.05, 0) is 45.4 Å². The molecular formula is C26H30ClN5O2. The van der Waals surface area contributed by atoms with Gasteiger partial charge in [0.25, 0.3) is 0 Å². The first-order valence-corrected chi connectivity index (χ1v) is 11.1. The fraction of sp³-hybridized carbons (Fsp3) is 0.346. The van der Waals surface area contributed by atoms with Gasteiger partial charge in [0.15, 0.2) is 0 Å². The number of nitrogens with zero attached hydrogens (tertiary/aromatic N) is 4. The van der Waals surface area contributed by atoms with Gasteiger partial charge in [0.1, 0.15) is 5.82 Å². The number of amides is 2. The highest BCUT2D eigenvalue weighted by Crippen LogP contribution is 2.29. The maximum Gasteiger partial charge on any atom is 0.225 e. The van der Waals surface area contributed by atoms with Crippen molar-refractivity contribution in [1.29, 1.82) is 0 Å². The fourth-order valence-electron chi connectivity index (χ4n) is 4.04. The molecule has 1 aliphatic heterocycles. The molecule has 3 heterocycles. The van der Waals surface area contributed by atoms with E-state index in [2.05, 4.69) is 20.3 Å². The zero-order valence-corrected chi connectivity index (χ0v) is 20.7. The van der Waals surface area contributed by atoms with Gasteiger partial charge in [0, 0.05) is 48.6 Å². The number of benzene rings is 1. The molecule has 34 heavy (non-hydrogen) atoms. The molecule has 7 nitrogen and oxygen atoms in total. The number of carbonyl (C=O) groups excluding carboxylic acids is 2. The second-order valence-electron chi connectivity index (χ2n) is 9.39. The molecule has 1 atom stereocenters. The summed E-state index contributed by atoms with van der Waals surface area (Å²) in [5, 5.41) is 2.99. The van der Waals surface area contributed by atoms with Crippen LogP contribution in [0.15, 0.2) is 54.9 Å². The summed E-state index contributed by atoms with van der Waals surface area (Å²) in [5.41, 5.74) is 4.18. The zero-order valence-electron chi connectivity index (χ0n) is 19.9. The first-order valence-electron chi connectivity index (χ1n) is 11.1. The van der Waals surface area contributed by atoms with E-state index in [9.17, 15) is 9.59 Å². The number of aromatic nitrogens is 3. The van der Waals surface area contributed by atoms with Crippen LogP contribution in [0.1, 0.15) is 38.6 Å². The third-order valence-corrected chi connectivity index (χ3v) is 5.85. The van der Waals surface area contributed by atoms with Crippen molar-refractivity contribution in [1.82, 2.24) is 25.2 Å². The number of hydrogen-bond acceptors (Lipinski definition) is 5. The molecule has 3 aromatic rings. The Kier molecular flexibility index (Phi) is 7.67. The third kappa shape index (κ3) is 5.59. The SMILES string of the molecule is Cc1ncc(-c2ccccn2)c(-c2ccc(CNC(=O)C3CC(=O)N(C(C)(C)C)C3)cc2)n1.Cl. The first kappa shape index (κ1) is 25.3. The van der Waals surface area contributed by atoms with Crippen LogP contribution in [0.5, 0.6) is 0 Å². The van der Waals surface area contributed by atoms with Gasteiger partial charge in [-0.3, -0.25) is 14.6 Å². The molecule has 178 valence electrons. The first-order chi connectivity index (χ1) is 15.7. The van der Waals surface area contributed by atoms with Crippen LogP contribution in [0.4, 0.5) is 0 Å². The highest BCUT2D eigenvalue weighted by Gasteiger charge is 2.39. The number of nitrogens with one attached hydrogen (secondary N) is 1. The van der Waals surface area contributed by atoms with E-state index in [1.807, 2.05) is 70.2 Å². The summed E-state index contributed by atoms with van der Waals surface area (Å²) < 4.78 is 0. The lowest BCUT2D eigenvalue weighted by Gasteiger charge is -2.31. The maximum atomic E-state index is 12.7. The maximum absolute atomic E-state index is 12.7. The number of carbonyl (C=O) groups is 2. The molecule has 1 aliphatic rings. The van der Waals surface area contributed by atoms with Crippen LogP contribution in [0.3, 0.4) is 0 Å². The minimum Gasteiger partial charge on any atom is -0.352 e. The van der Waals surface area contributed by atoms with Crippen LogP contribution in [-0.2, 0) is 16.1 Å². The fourth-order valence-corrected chi connectivity index (χ4v) is 4.04. The van der Waals surface area contributed by atoms with Crippen molar-refractivity contribution >= 4 is 24.2 Å². The average Bonchev–Trinajstić information content (AvgIpc) is 3.21. The lowest BCUT2D eigenvalue weighted by Crippen LogP contribution is -2.43. The standard InChI is InChI=1S/C26H29N5O2.ClH/c1-17-28-15-21(22-7-5-6-12-27-22)24(30-17)19-10-8-18(9-11-19)14-29-25(33)20-13-23(32)31(16-20)26(2,3)4;/h5-12,15,20H,13-14,16H2,1-4H3,(H,29,33);1H. The van der Waals surface area contributed by atoms with E-state index >= 15 is 0 Å². The van der Waals surface area contributed by atoms with E-state index in [1.165, 1.54) is 0 Å². The van der Waals surface area contributed by atoms with Crippen molar-refractivity contribution in [3.63, 3.8) is 0 Å². The van der Waals surface area contributed by atoms with Crippen LogP contribution in [-0.4, -0.2) is 43.7 Å². The normalized spacial score (nSPS) is 15.7. The van der Waals surface area contributed by atoms with Crippen LogP contribution >= 0.6 is 12.4 Å². The van der Waals surface area contributed by atoms with E-state index in [0.717, 1.165) is 28.1 Å². The van der Waals surface area contributed by atoms with Crippen LogP contribution in [0.2, 0.25) is 0 Å². The van der Waals surface area contributed by atoms with Gasteiger partial charge in [-0.2, -0.15) is 0 Å². The summed E-state index contributed by atoms with van der Waals surface area (Å²) in [4.78, 5) is 40.1. The highest BCUT2D eigenvalue weighted by atomic mass is 35.5. The molecule has 0 saturated carbocycles. The minimum atomic E-state index is -0.305. The lowest BCUT2D eigenvalue weighted by atomic mass is 10.0. The van der Waals surface area contributed by atoms with Gasteiger partial charge in [0.05, 0.1) is 17.3 Å². The van der Waals surface area contributed by atoms with Crippen molar-refractivity contribution in [2.45, 2.75) is 46.2 Å². The molecule has 1 saturated heterocycles. The monoisotopic (exact) mass is 479 g/mol. The number of halogens is 1. The number of rotatable bonds is 5. The average molecular weight is 480 g/mol. The Morgan fingerprint density at radius 1 is 1.12 bits per heavy atom. The minimum absolute atomic E-state index is 0. The lowest BCUT2D eigenvalue weighted by molar-refractivity contribution is -0.132. The molecule has 0 radical (unpaired) electrons. The Morgan fingerprint density at radius 2 is 1.85 bits per heavy atom. The van der Waals surface area contributed by atoms with Crippen molar-refractivity contribution in [2.75, 3.05) is 6.54 Å². The summed E-state index contributed by atoms with van der Waals surface area (Å²) in [6, 6.07) is 13.7. The molecule has 2 aromatic heterocycles. The molecule has 8 heteroatoms. The molecule has 1 fully saturated rings. The van der Waals surface area contributed by atoms with E-state index in [1.54, 1.807) is 17.3 Å². The Labute approximate surface area is 206 Å². The quantitative estimate of drug-likeness (QED) is 0.592. The second kappa shape index (κ2) is 10.3. The zero-order chi connectivity index (χ0) is 23.6. The molecule has 1 aromatic carbocycles. The summed E-state index contributed by atoms with van der Waals surface area (Å²) in [5.74, 6) is 0.344. The van der Waals surface area contributed by atoms with Crippen molar-refractivity contribution in [3.05, 3.63) is 66.2 Å². The second-order valence-corrected chi connectivity index (χ2v) is 9.39. The molecule has 1 unspecified atom stereocenters. The summed E-state index contributed by atoms with van der Waals surface area (Å²) in [6.07, 6.45) is 3.83. The summed E-state index contributed by atoms with van der Waals surface area (Å²) in [6.45, 7) is 8.72. The van der Waals surface area contributed by atoms with E-state index < -0.39 is 0 Å². The smallest absolute Gasteiger partial charge is 0.225 e. The molecule has 0 aliphatic carbocycles. The molecule has 4 rings (SSSR count). The van der Waals surface area contributed by atoms with Gasteiger partial charge in [0.2, 0.25) is 11.8 Å². The summed E-state index contributed by atoms with van der Waals surface area (Å²) in [7, 11) is 0. The Hall–Kier alpha value is -3.32. The highest BCUT2D eigenvalue weighted by molar-refractivity contribution is 5.89. The summed E-state index contributed by atoms with van der Waals surface area (Å²) >= 11 is 0. The molecule has 0 bridgehead atoms. The topological polar surface area (TPSA) is 88.1 Å². The Balaban J connectivity index is 0.00000324. The van der Waals surface area contributed by atoms with E-state index in [-0.39, 0.29) is 42.1 Å². The van der Waals surface area contributed by atoms with Gasteiger partial charge in [-0.15, -0.1) is 12.4 Å². The molecular weight excluding hydrogens is 450 g/mol. The van der Waals surface area contributed by atoms with Gasteiger partial charge < -0.3 is 10.2 Å². The van der Waals surface area contributed by atoms with Crippen molar-refractivity contribution < 1.29 is 9.59 Å². The van der Waals surface area contributed by atoms with Crippen molar-refractivity contribution in [2.24, 2.45) is 5.92 Å². The van der Waals surface area contributed by atoms with Crippen LogP contribution in [0.25, 0.3) is 22.5 Å². The molecule has 2 amide bonds. The number of pyridine rings is 1. The van der Waals surface area contributed by atoms with Gasteiger partial charge >= 0.3 is 0 Å². The predicted molar refractivity (Wildman–Crippen MR) is 134 cm³/mol. The number of hydrogen-bond donors (Lipinski definition) is 1. The predicted octanol–water partition coefficient (Wildman–Crippen LogP) is 4.20. The Bertz CT molecular complexity index is 1160. The third-order valence-electron chi connectivity index (χ3n) is 5.85. The van der Waals surface area contributed by atoms with Crippen LogP contribution < -0.4 is 5.32 Å². The Morgan fingerprint density at radius 3 is 2.47 bits per heavy atom. The van der Waals surface area contributed by atoms with Gasteiger partial charge in [-0.25, -0.2) is 9.97 Å².